The van der Waals surface area contributed by atoms with Gasteiger partial charge in [-0.25, -0.2) is 4.98 Å². The molecule has 4 rings (SSSR count). The Bertz CT molecular complexity index is 1010. The summed E-state index contributed by atoms with van der Waals surface area (Å²) in [7, 11) is 0. The minimum atomic E-state index is -0.0571. The van der Waals surface area contributed by atoms with E-state index >= 15 is 0 Å². The van der Waals surface area contributed by atoms with Crippen LogP contribution in [0.5, 0.6) is 5.75 Å². The largest absolute Gasteiger partial charge is 0.508 e. The molecule has 1 aromatic carbocycles. The van der Waals surface area contributed by atoms with Gasteiger partial charge in [-0.05, 0) is 37.3 Å². The standard InChI is InChI=1S/C20H21N5O2/c1-3-14-11-21-8-9-25(14)20(27)16-10-17(13-4-6-15(26)7-5-13)22-19-18(16)12(2)23-24-19/h3-7,10,14,21,26H,1,8-9,11H2,2H3,(H,22,23,24)/t14-/m1/s1. The molecule has 3 aromatic rings. The first kappa shape index (κ1) is 17.2. The highest BCUT2D eigenvalue weighted by Gasteiger charge is 2.28. The zero-order valence-electron chi connectivity index (χ0n) is 15.1. The Morgan fingerprint density at radius 2 is 2.15 bits per heavy atom. The highest BCUT2D eigenvalue weighted by Crippen LogP contribution is 2.28. The van der Waals surface area contributed by atoms with Crippen molar-refractivity contribution < 1.29 is 9.90 Å². The number of pyridine rings is 1. The summed E-state index contributed by atoms with van der Waals surface area (Å²) < 4.78 is 0. The summed E-state index contributed by atoms with van der Waals surface area (Å²) in [6.07, 6.45) is 1.80. The maximum atomic E-state index is 13.4. The number of phenolic OH excluding ortho intramolecular Hbond substituents is 1. The predicted molar refractivity (Wildman–Crippen MR) is 104 cm³/mol. The molecule has 0 saturated carbocycles. The minimum Gasteiger partial charge on any atom is -0.508 e. The quantitative estimate of drug-likeness (QED) is 0.621. The number of nitrogens with zero attached hydrogens (tertiary/aromatic N) is 3. The lowest BCUT2D eigenvalue weighted by atomic mass is 10.0. The van der Waals surface area contributed by atoms with Crippen molar-refractivity contribution in [2.24, 2.45) is 0 Å². The second-order valence-corrected chi connectivity index (χ2v) is 6.65. The summed E-state index contributed by atoms with van der Waals surface area (Å²) >= 11 is 0. The number of aryl methyl sites for hydroxylation is 1. The van der Waals surface area contributed by atoms with Crippen molar-refractivity contribution in [2.75, 3.05) is 19.6 Å². The van der Waals surface area contributed by atoms with Gasteiger partial charge >= 0.3 is 0 Å². The number of aromatic amines is 1. The van der Waals surface area contributed by atoms with E-state index in [1.54, 1.807) is 30.3 Å². The number of amides is 1. The third kappa shape index (κ3) is 3.06. The van der Waals surface area contributed by atoms with Gasteiger partial charge in [-0.15, -0.1) is 6.58 Å². The van der Waals surface area contributed by atoms with Gasteiger partial charge in [0.15, 0.2) is 5.65 Å². The third-order valence-corrected chi connectivity index (χ3v) is 4.91. The summed E-state index contributed by atoms with van der Waals surface area (Å²) in [5, 5.41) is 20.8. The number of benzene rings is 1. The molecule has 1 aliphatic rings. The molecule has 7 nitrogen and oxygen atoms in total. The van der Waals surface area contributed by atoms with Crippen molar-refractivity contribution in [3.63, 3.8) is 0 Å². The zero-order valence-corrected chi connectivity index (χ0v) is 15.1. The fourth-order valence-corrected chi connectivity index (χ4v) is 3.47. The molecule has 1 aliphatic heterocycles. The fourth-order valence-electron chi connectivity index (χ4n) is 3.47. The van der Waals surface area contributed by atoms with Gasteiger partial charge in [-0.1, -0.05) is 6.08 Å². The molecule has 1 fully saturated rings. The maximum absolute atomic E-state index is 13.4. The summed E-state index contributed by atoms with van der Waals surface area (Å²) in [5.41, 5.74) is 3.34. The highest BCUT2D eigenvalue weighted by atomic mass is 16.3. The molecule has 0 aliphatic carbocycles. The molecule has 27 heavy (non-hydrogen) atoms. The summed E-state index contributed by atoms with van der Waals surface area (Å²) in [5.74, 6) is 0.125. The van der Waals surface area contributed by atoms with E-state index in [-0.39, 0.29) is 17.7 Å². The molecule has 0 unspecified atom stereocenters. The number of hydrogen-bond donors (Lipinski definition) is 3. The number of hydrogen-bond acceptors (Lipinski definition) is 5. The molecular weight excluding hydrogens is 342 g/mol. The Labute approximate surface area is 156 Å². The number of carbonyl (C=O) groups excluding carboxylic acids is 1. The van der Waals surface area contributed by atoms with Gasteiger partial charge in [-0.2, -0.15) is 5.10 Å². The van der Waals surface area contributed by atoms with E-state index in [2.05, 4.69) is 27.1 Å². The second kappa shape index (κ2) is 6.85. The molecule has 1 amide bonds. The van der Waals surface area contributed by atoms with Crippen LogP contribution in [0.3, 0.4) is 0 Å². The second-order valence-electron chi connectivity index (χ2n) is 6.65. The number of aromatic nitrogens is 3. The number of H-pyrrole nitrogens is 1. The average molecular weight is 363 g/mol. The smallest absolute Gasteiger partial charge is 0.255 e. The molecule has 0 bridgehead atoms. The molecule has 138 valence electrons. The maximum Gasteiger partial charge on any atom is 0.255 e. The Balaban J connectivity index is 1.85. The van der Waals surface area contributed by atoms with Crippen LogP contribution in [0.25, 0.3) is 22.3 Å². The first-order chi connectivity index (χ1) is 13.1. The molecule has 0 radical (unpaired) electrons. The number of carbonyl (C=O) groups is 1. The van der Waals surface area contributed by atoms with Gasteiger partial charge in [0, 0.05) is 30.9 Å². The van der Waals surface area contributed by atoms with E-state index in [4.69, 9.17) is 0 Å². The summed E-state index contributed by atoms with van der Waals surface area (Å²) in [6, 6.07) is 8.50. The number of aromatic hydroxyl groups is 1. The van der Waals surface area contributed by atoms with Crippen LogP contribution in [-0.4, -0.2) is 56.8 Å². The van der Waals surface area contributed by atoms with Gasteiger partial charge in [0.1, 0.15) is 5.75 Å². The van der Waals surface area contributed by atoms with Crippen LogP contribution in [0.15, 0.2) is 43.0 Å². The number of fused-ring (bicyclic) bond motifs is 1. The molecule has 7 heteroatoms. The minimum absolute atomic E-state index is 0.0567. The van der Waals surface area contributed by atoms with Gasteiger partial charge in [0.2, 0.25) is 0 Å². The third-order valence-electron chi connectivity index (χ3n) is 4.91. The lowest BCUT2D eigenvalue weighted by Crippen LogP contribution is -2.52. The number of phenols is 1. The first-order valence-corrected chi connectivity index (χ1v) is 8.88. The van der Waals surface area contributed by atoms with E-state index in [9.17, 15) is 9.90 Å². The zero-order chi connectivity index (χ0) is 19.0. The molecule has 3 heterocycles. The summed E-state index contributed by atoms with van der Waals surface area (Å²) in [4.78, 5) is 19.8. The Morgan fingerprint density at radius 1 is 1.37 bits per heavy atom. The van der Waals surface area contributed by atoms with Gasteiger partial charge in [-0.3, -0.25) is 9.89 Å². The van der Waals surface area contributed by atoms with Crippen LogP contribution >= 0.6 is 0 Å². The molecule has 1 saturated heterocycles. The highest BCUT2D eigenvalue weighted by molar-refractivity contribution is 6.07. The molecule has 0 spiro atoms. The molecule has 2 aromatic heterocycles. The Morgan fingerprint density at radius 3 is 2.89 bits per heavy atom. The van der Waals surface area contributed by atoms with Crippen molar-refractivity contribution in [1.82, 2.24) is 25.4 Å². The Hall–Kier alpha value is -3.19. The van der Waals surface area contributed by atoms with E-state index in [1.807, 2.05) is 17.9 Å². The monoisotopic (exact) mass is 363 g/mol. The molecule has 1 atom stereocenters. The SMILES string of the molecule is C=C[C@@H]1CNCCN1C(=O)c1cc(-c2ccc(O)cc2)nc2n[nH]c(C)c12. The van der Waals surface area contributed by atoms with E-state index in [1.165, 1.54) is 0 Å². The van der Waals surface area contributed by atoms with Crippen molar-refractivity contribution in [1.29, 1.82) is 0 Å². The van der Waals surface area contributed by atoms with E-state index in [0.29, 0.717) is 30.0 Å². The van der Waals surface area contributed by atoms with Crippen LogP contribution in [-0.2, 0) is 0 Å². The normalized spacial score (nSPS) is 17.2. The topological polar surface area (TPSA) is 94.1 Å². The van der Waals surface area contributed by atoms with E-state index < -0.39 is 0 Å². The first-order valence-electron chi connectivity index (χ1n) is 8.88. The van der Waals surface area contributed by atoms with Gasteiger partial charge in [0.05, 0.1) is 22.7 Å². The molecular formula is C20H21N5O2. The van der Waals surface area contributed by atoms with Crippen LogP contribution in [0.4, 0.5) is 0 Å². The van der Waals surface area contributed by atoms with Crippen LogP contribution < -0.4 is 5.32 Å². The van der Waals surface area contributed by atoms with Crippen LogP contribution in [0, 0.1) is 6.92 Å². The van der Waals surface area contributed by atoms with Crippen molar-refractivity contribution in [3.05, 3.63) is 54.2 Å². The van der Waals surface area contributed by atoms with Crippen LogP contribution in [0.2, 0.25) is 0 Å². The number of nitrogens with one attached hydrogen (secondary N) is 2. The van der Waals surface area contributed by atoms with E-state index in [0.717, 1.165) is 23.2 Å². The van der Waals surface area contributed by atoms with Crippen molar-refractivity contribution in [2.45, 2.75) is 13.0 Å². The number of rotatable bonds is 3. The van der Waals surface area contributed by atoms with Crippen molar-refractivity contribution in [3.8, 4) is 17.0 Å². The lowest BCUT2D eigenvalue weighted by Gasteiger charge is -2.34. The lowest BCUT2D eigenvalue weighted by molar-refractivity contribution is 0.0683. The van der Waals surface area contributed by atoms with Gasteiger partial charge in [0.25, 0.3) is 5.91 Å². The predicted octanol–water partition coefficient (Wildman–Crippen LogP) is 2.24. The average Bonchev–Trinajstić information content (AvgIpc) is 3.08. The molecule has 3 N–H and O–H groups in total. The summed E-state index contributed by atoms with van der Waals surface area (Å²) in [6.45, 7) is 7.81. The van der Waals surface area contributed by atoms with Crippen LogP contribution in [0.1, 0.15) is 16.1 Å². The van der Waals surface area contributed by atoms with Crippen molar-refractivity contribution >= 4 is 16.9 Å². The van der Waals surface area contributed by atoms with Gasteiger partial charge < -0.3 is 15.3 Å². The fraction of sp³-hybridized carbons (Fsp3) is 0.250. The number of piperazine rings is 1. The Kier molecular flexibility index (Phi) is 4.37.